The summed E-state index contributed by atoms with van der Waals surface area (Å²) in [7, 11) is 3.23. The number of hydrogen-bond acceptors (Lipinski definition) is 7. The maximum Gasteiger partial charge on any atom is 0.211 e. The smallest absolute Gasteiger partial charge is 0.211 e. The Balaban J connectivity index is 1.30. The molecule has 8 nitrogen and oxygen atoms in total. The van der Waals surface area contributed by atoms with E-state index in [0.717, 1.165) is 60.3 Å². The van der Waals surface area contributed by atoms with Crippen molar-refractivity contribution >= 4 is 23.0 Å². The van der Waals surface area contributed by atoms with Gasteiger partial charge >= 0.3 is 0 Å². The van der Waals surface area contributed by atoms with Crippen molar-refractivity contribution in [1.29, 1.82) is 0 Å². The number of nitrogens with zero attached hydrogens (tertiary/aromatic N) is 2. The molecule has 2 aromatic carbocycles. The highest BCUT2D eigenvalue weighted by atomic mass is 16.5. The first-order valence-electron chi connectivity index (χ1n) is 11.5. The van der Waals surface area contributed by atoms with Crippen LogP contribution in [0.2, 0.25) is 0 Å². The number of benzene rings is 2. The van der Waals surface area contributed by atoms with Gasteiger partial charge in [0.05, 0.1) is 31.5 Å². The number of amides is 1. The summed E-state index contributed by atoms with van der Waals surface area (Å²) in [6, 6.07) is 13.8. The third kappa shape index (κ3) is 5.64. The molecule has 0 radical (unpaired) electrons. The lowest BCUT2D eigenvalue weighted by Gasteiger charge is -2.34. The van der Waals surface area contributed by atoms with Crippen molar-refractivity contribution in [2.24, 2.45) is 0 Å². The molecule has 34 heavy (non-hydrogen) atoms. The van der Waals surface area contributed by atoms with Gasteiger partial charge in [-0.05, 0) is 73.5 Å². The molecule has 0 aliphatic carbocycles. The maximum absolute atomic E-state index is 11.0. The number of piperidine rings is 1. The first kappa shape index (κ1) is 23.9. The number of carbonyl (C=O) groups is 1. The number of aromatic nitrogens is 1. The largest absolute Gasteiger partial charge is 0.497 e. The fourth-order valence-electron chi connectivity index (χ4n) is 4.53. The van der Waals surface area contributed by atoms with Crippen LogP contribution < -0.4 is 20.1 Å². The zero-order chi connectivity index (χ0) is 23.9. The molecule has 2 heterocycles. The number of β-amino-alcohol motifs (C(OH)–C–C–N with tert-alkyl or cyclic N) is 1. The minimum atomic E-state index is -0.592. The summed E-state index contributed by atoms with van der Waals surface area (Å²) in [5.74, 6) is 1.40. The molecule has 3 N–H and O–H groups in total. The van der Waals surface area contributed by atoms with E-state index < -0.39 is 6.10 Å². The first-order valence-corrected chi connectivity index (χ1v) is 11.5. The van der Waals surface area contributed by atoms with Crippen LogP contribution in [0, 0.1) is 0 Å². The van der Waals surface area contributed by atoms with Crippen molar-refractivity contribution in [2.75, 3.05) is 39.2 Å². The lowest BCUT2D eigenvalue weighted by Crippen LogP contribution is -2.43. The van der Waals surface area contributed by atoms with Gasteiger partial charge in [0.25, 0.3) is 0 Å². The zero-order valence-electron chi connectivity index (χ0n) is 19.7. The number of ether oxygens (including phenoxy) is 2. The van der Waals surface area contributed by atoms with Gasteiger partial charge in [-0.15, -0.1) is 0 Å². The Morgan fingerprint density at radius 2 is 1.97 bits per heavy atom. The Kier molecular flexibility index (Phi) is 7.95. The van der Waals surface area contributed by atoms with Crippen LogP contribution in [0.1, 0.15) is 30.1 Å². The molecule has 0 unspecified atom stereocenters. The number of rotatable bonds is 10. The standard InChI is InChI=1S/C26H32N4O4/c1-33-20-4-5-23-22(14-20)21(7-10-27-23)25(32)16-30-11-8-19(9-12-30)28-15-18-3-6-26(34-2)24(13-18)29-17-31/h3-7,10,13-14,17,19,25,28,32H,8-9,11-12,15-16H2,1-2H3,(H,29,31)/t25-/m0/s1. The molecule has 1 aliphatic heterocycles. The van der Waals surface area contributed by atoms with Crippen LogP contribution in [0.15, 0.2) is 48.7 Å². The maximum atomic E-state index is 11.0. The van der Waals surface area contributed by atoms with Gasteiger partial charge in [-0.2, -0.15) is 0 Å². The summed E-state index contributed by atoms with van der Waals surface area (Å²) in [5.41, 5.74) is 3.48. The molecule has 0 saturated carbocycles. The van der Waals surface area contributed by atoms with Crippen LogP contribution >= 0.6 is 0 Å². The van der Waals surface area contributed by atoms with Crippen molar-refractivity contribution in [3.63, 3.8) is 0 Å². The predicted molar refractivity (Wildman–Crippen MR) is 132 cm³/mol. The van der Waals surface area contributed by atoms with Crippen molar-refractivity contribution in [2.45, 2.75) is 31.5 Å². The fourth-order valence-corrected chi connectivity index (χ4v) is 4.53. The second-order valence-electron chi connectivity index (χ2n) is 8.55. The number of aliphatic hydroxyl groups is 1. The van der Waals surface area contributed by atoms with Crippen LogP contribution in [0.4, 0.5) is 5.69 Å². The van der Waals surface area contributed by atoms with Crippen LogP contribution in [0.25, 0.3) is 10.9 Å². The van der Waals surface area contributed by atoms with E-state index in [0.29, 0.717) is 30.4 Å². The highest BCUT2D eigenvalue weighted by molar-refractivity contribution is 5.83. The van der Waals surface area contributed by atoms with Gasteiger partial charge in [0.2, 0.25) is 6.41 Å². The lowest BCUT2D eigenvalue weighted by molar-refractivity contribution is -0.105. The summed E-state index contributed by atoms with van der Waals surface area (Å²) in [6.07, 6.45) is 3.83. The van der Waals surface area contributed by atoms with Gasteiger partial charge in [0.15, 0.2) is 0 Å². The molecular formula is C26H32N4O4. The lowest BCUT2D eigenvalue weighted by atomic mass is 10.0. The van der Waals surface area contributed by atoms with Crippen LogP contribution in [0.3, 0.4) is 0 Å². The molecular weight excluding hydrogens is 432 g/mol. The van der Waals surface area contributed by atoms with E-state index in [4.69, 9.17) is 9.47 Å². The van der Waals surface area contributed by atoms with Crippen LogP contribution in [-0.4, -0.2) is 61.3 Å². The quantitative estimate of drug-likeness (QED) is 0.397. The highest BCUT2D eigenvalue weighted by Gasteiger charge is 2.22. The molecule has 1 aliphatic rings. The second kappa shape index (κ2) is 11.3. The molecule has 0 spiro atoms. The first-order chi connectivity index (χ1) is 16.6. The van der Waals surface area contributed by atoms with Crippen molar-refractivity contribution < 1.29 is 19.4 Å². The minimum absolute atomic E-state index is 0.406. The minimum Gasteiger partial charge on any atom is -0.497 e. The molecule has 1 amide bonds. The van der Waals surface area contributed by atoms with Gasteiger partial charge in [-0.25, -0.2) is 0 Å². The van der Waals surface area contributed by atoms with Crippen LogP contribution in [-0.2, 0) is 11.3 Å². The SMILES string of the molecule is COc1ccc2nccc([C@@H](O)CN3CCC(NCc4ccc(OC)c(NC=O)c4)CC3)c2c1. The Morgan fingerprint density at radius 1 is 1.15 bits per heavy atom. The van der Waals surface area contributed by atoms with Crippen molar-refractivity contribution in [3.05, 3.63) is 59.8 Å². The number of methoxy groups -OCH3 is 2. The van der Waals surface area contributed by atoms with Crippen molar-refractivity contribution in [3.8, 4) is 11.5 Å². The summed E-state index contributed by atoms with van der Waals surface area (Å²) >= 11 is 0. The highest BCUT2D eigenvalue weighted by Crippen LogP contribution is 2.28. The summed E-state index contributed by atoms with van der Waals surface area (Å²) < 4.78 is 10.6. The predicted octanol–water partition coefficient (Wildman–Crippen LogP) is 3.11. The van der Waals surface area contributed by atoms with E-state index in [1.807, 2.05) is 42.5 Å². The normalized spacial score (nSPS) is 15.7. The molecule has 1 aromatic heterocycles. The molecule has 180 valence electrons. The second-order valence-corrected chi connectivity index (χ2v) is 8.55. The van der Waals surface area contributed by atoms with Crippen molar-refractivity contribution in [1.82, 2.24) is 15.2 Å². The third-order valence-corrected chi connectivity index (χ3v) is 6.43. The summed E-state index contributed by atoms with van der Waals surface area (Å²) in [4.78, 5) is 17.6. The Morgan fingerprint density at radius 3 is 2.71 bits per heavy atom. The molecule has 8 heteroatoms. The number of fused-ring (bicyclic) bond motifs is 1. The van der Waals surface area contributed by atoms with Gasteiger partial charge in [-0.1, -0.05) is 6.07 Å². The number of carbonyl (C=O) groups excluding carboxylic acids is 1. The third-order valence-electron chi connectivity index (χ3n) is 6.43. The van der Waals surface area contributed by atoms with Crippen LogP contribution in [0.5, 0.6) is 11.5 Å². The van der Waals surface area contributed by atoms with E-state index >= 15 is 0 Å². The average Bonchev–Trinajstić information content (AvgIpc) is 2.88. The zero-order valence-corrected chi connectivity index (χ0v) is 19.7. The molecule has 3 aromatic rings. The summed E-state index contributed by atoms with van der Waals surface area (Å²) in [6.45, 7) is 3.14. The number of anilines is 1. The Hall–Kier alpha value is -3.20. The average molecular weight is 465 g/mol. The van der Waals surface area contributed by atoms with Gasteiger partial charge < -0.3 is 30.1 Å². The topological polar surface area (TPSA) is 96.0 Å². The molecule has 0 bridgehead atoms. The monoisotopic (exact) mass is 464 g/mol. The van der Waals surface area contributed by atoms with E-state index in [1.165, 1.54) is 0 Å². The van der Waals surface area contributed by atoms with Gasteiger partial charge in [0, 0.05) is 30.7 Å². The van der Waals surface area contributed by atoms with Gasteiger partial charge in [-0.3, -0.25) is 9.78 Å². The van der Waals surface area contributed by atoms with Gasteiger partial charge in [0.1, 0.15) is 11.5 Å². The van der Waals surface area contributed by atoms with E-state index in [2.05, 4.69) is 20.5 Å². The number of aliphatic hydroxyl groups excluding tert-OH is 1. The summed E-state index contributed by atoms with van der Waals surface area (Å²) in [5, 5.41) is 18.2. The number of likely N-dealkylation sites (tertiary alicyclic amines) is 1. The molecule has 1 atom stereocenters. The number of hydrogen-bond donors (Lipinski definition) is 3. The number of pyridine rings is 1. The molecule has 1 fully saturated rings. The van der Waals surface area contributed by atoms with E-state index in [-0.39, 0.29) is 0 Å². The Labute approximate surface area is 199 Å². The molecule has 4 rings (SSSR count). The molecule has 1 saturated heterocycles. The Bertz CT molecular complexity index is 1120. The van der Waals surface area contributed by atoms with E-state index in [1.54, 1.807) is 20.4 Å². The van der Waals surface area contributed by atoms with E-state index in [9.17, 15) is 9.90 Å². The fraction of sp³-hybridized carbons (Fsp3) is 0.385. The number of nitrogens with one attached hydrogen (secondary N) is 2.